The van der Waals surface area contributed by atoms with Gasteiger partial charge in [-0.25, -0.2) is 0 Å². The van der Waals surface area contributed by atoms with Crippen molar-refractivity contribution in [2.45, 2.75) is 31.7 Å². The van der Waals surface area contributed by atoms with E-state index in [0.29, 0.717) is 43.1 Å². The molecule has 1 fully saturated rings. The van der Waals surface area contributed by atoms with Crippen LogP contribution >= 0.6 is 11.3 Å². The molecular weight excluding hydrogens is 502 g/mol. The fraction of sp³-hybridized carbons (Fsp3) is 0.212. The van der Waals surface area contributed by atoms with Gasteiger partial charge in [-0.2, -0.15) is 0 Å². The van der Waals surface area contributed by atoms with Gasteiger partial charge in [0.15, 0.2) is 5.75 Å². The fourth-order valence-electron chi connectivity index (χ4n) is 5.40. The molecule has 6 rings (SSSR count). The maximum Gasteiger partial charge on any atom is 0.257 e. The Morgan fingerprint density at radius 1 is 0.897 bits per heavy atom. The van der Waals surface area contributed by atoms with Crippen LogP contribution in [0.25, 0.3) is 10.2 Å². The van der Waals surface area contributed by atoms with Gasteiger partial charge in [0, 0.05) is 32.3 Å². The number of fused-ring (bicyclic) bond motifs is 1. The maximum absolute atomic E-state index is 13.9. The van der Waals surface area contributed by atoms with Gasteiger partial charge in [-0.1, -0.05) is 91.0 Å². The highest BCUT2D eigenvalue weighted by atomic mass is 32.1. The summed E-state index contributed by atoms with van der Waals surface area (Å²) in [6.07, 6.45) is 4.14. The van der Waals surface area contributed by atoms with E-state index in [1.807, 2.05) is 47.4 Å². The average Bonchev–Trinajstić information content (AvgIpc) is 3.32. The number of nitrogens with zero attached hydrogens (tertiary/aromatic N) is 2. The van der Waals surface area contributed by atoms with Crippen LogP contribution in [-0.4, -0.2) is 34.0 Å². The highest BCUT2D eigenvalue weighted by molar-refractivity contribution is 7.20. The van der Waals surface area contributed by atoms with Crippen molar-refractivity contribution in [3.05, 3.63) is 124 Å². The van der Waals surface area contributed by atoms with E-state index in [-0.39, 0.29) is 11.7 Å². The number of aromatic hydroxyl groups is 1. The monoisotopic (exact) mass is 533 g/mol. The third-order valence-electron chi connectivity index (χ3n) is 7.55. The number of pyridine rings is 1. The average molecular weight is 534 g/mol. The van der Waals surface area contributed by atoms with Crippen molar-refractivity contribution < 1.29 is 9.90 Å². The zero-order chi connectivity index (χ0) is 26.6. The van der Waals surface area contributed by atoms with E-state index in [4.69, 9.17) is 0 Å². The van der Waals surface area contributed by atoms with Gasteiger partial charge in [0.25, 0.3) is 5.91 Å². The van der Waals surface area contributed by atoms with Crippen LogP contribution in [-0.2, 0) is 13.0 Å². The van der Waals surface area contributed by atoms with Crippen LogP contribution in [0, 0.1) is 0 Å². The molecule has 1 amide bonds. The summed E-state index contributed by atoms with van der Waals surface area (Å²) in [4.78, 5) is 21.3. The predicted octanol–water partition coefficient (Wildman–Crippen LogP) is 7.22. The molecule has 5 nitrogen and oxygen atoms in total. The number of thiophene rings is 1. The summed E-state index contributed by atoms with van der Waals surface area (Å²) in [5.41, 5.74) is 5.44. The molecule has 5 aromatic rings. The molecule has 1 saturated heterocycles. The Morgan fingerprint density at radius 2 is 1.51 bits per heavy atom. The lowest BCUT2D eigenvalue weighted by molar-refractivity contribution is 0.0713. The highest BCUT2D eigenvalue weighted by Crippen LogP contribution is 2.42. The molecule has 1 aliphatic heterocycles. The molecule has 2 N–H and O–H groups in total. The van der Waals surface area contributed by atoms with Crippen molar-refractivity contribution in [2.75, 3.05) is 18.4 Å². The Labute approximate surface area is 232 Å². The summed E-state index contributed by atoms with van der Waals surface area (Å²) in [5.74, 6) is 0.662. The number of hydrogen-bond donors (Lipinski definition) is 2. The number of nitrogens with one attached hydrogen (secondary N) is 1. The van der Waals surface area contributed by atoms with Crippen LogP contribution in [0.1, 0.15) is 50.7 Å². The minimum atomic E-state index is -0.0102. The summed E-state index contributed by atoms with van der Waals surface area (Å²) in [7, 11) is 0. The Balaban J connectivity index is 1.31. The minimum absolute atomic E-state index is 0.0102. The Morgan fingerprint density at radius 3 is 2.18 bits per heavy atom. The number of piperidine rings is 1. The van der Waals surface area contributed by atoms with E-state index in [2.05, 4.69) is 58.8 Å². The number of carbonyl (C=O) groups is 1. The van der Waals surface area contributed by atoms with E-state index in [0.717, 1.165) is 39.2 Å². The summed E-state index contributed by atoms with van der Waals surface area (Å²) in [6, 6.07) is 30.8. The first kappa shape index (κ1) is 25.1. The molecule has 0 radical (unpaired) electrons. The molecule has 2 aromatic heterocycles. The van der Waals surface area contributed by atoms with Crippen molar-refractivity contribution in [3.63, 3.8) is 0 Å². The lowest BCUT2D eigenvalue weighted by Gasteiger charge is -2.32. The second-order valence-corrected chi connectivity index (χ2v) is 11.2. The Hall–Kier alpha value is -4.16. The summed E-state index contributed by atoms with van der Waals surface area (Å²) in [5, 5.41) is 14.6. The standard InChI is InChI=1S/C33H31N3O2S/c37-31-28(20-23-10-4-1-5-11-23)39-32-29(34-21-24-12-6-2-7-13-24)27(22-35-30(31)32)33(38)36-18-16-26(17-19-36)25-14-8-3-9-15-25/h1-15,22,26,37H,16-21H2,(H,34,35). The third-order valence-corrected chi connectivity index (χ3v) is 8.74. The lowest BCUT2D eigenvalue weighted by Crippen LogP contribution is -2.38. The molecule has 0 atom stereocenters. The number of anilines is 1. The lowest BCUT2D eigenvalue weighted by atomic mass is 9.89. The van der Waals surface area contributed by atoms with E-state index in [1.54, 1.807) is 6.20 Å². The first-order chi connectivity index (χ1) is 19.2. The summed E-state index contributed by atoms with van der Waals surface area (Å²) in [6.45, 7) is 2.00. The van der Waals surface area contributed by atoms with E-state index < -0.39 is 0 Å². The second-order valence-electron chi connectivity index (χ2n) is 10.1. The normalized spacial score (nSPS) is 14.0. The highest BCUT2D eigenvalue weighted by Gasteiger charge is 2.28. The molecule has 0 aliphatic carbocycles. The number of rotatable bonds is 7. The molecule has 6 heteroatoms. The van der Waals surface area contributed by atoms with Crippen molar-refractivity contribution in [2.24, 2.45) is 0 Å². The Kier molecular flexibility index (Phi) is 7.28. The van der Waals surface area contributed by atoms with Gasteiger partial charge < -0.3 is 15.3 Å². The molecule has 196 valence electrons. The van der Waals surface area contributed by atoms with Crippen LogP contribution in [0.2, 0.25) is 0 Å². The predicted molar refractivity (Wildman–Crippen MR) is 159 cm³/mol. The third kappa shape index (κ3) is 5.38. The fourth-order valence-corrected chi connectivity index (χ4v) is 6.61. The minimum Gasteiger partial charge on any atom is -0.505 e. The van der Waals surface area contributed by atoms with Crippen LogP contribution in [0.5, 0.6) is 5.75 Å². The van der Waals surface area contributed by atoms with E-state index in [9.17, 15) is 9.90 Å². The first-order valence-electron chi connectivity index (χ1n) is 13.5. The van der Waals surface area contributed by atoms with Gasteiger partial charge in [-0.3, -0.25) is 9.78 Å². The molecule has 0 spiro atoms. The molecule has 3 aromatic carbocycles. The number of likely N-dealkylation sites (tertiary alicyclic amines) is 1. The van der Waals surface area contributed by atoms with Crippen molar-refractivity contribution in [1.29, 1.82) is 0 Å². The smallest absolute Gasteiger partial charge is 0.257 e. The number of hydrogen-bond acceptors (Lipinski definition) is 5. The van der Waals surface area contributed by atoms with Gasteiger partial charge >= 0.3 is 0 Å². The number of amides is 1. The van der Waals surface area contributed by atoms with Crippen molar-refractivity contribution in [1.82, 2.24) is 9.88 Å². The molecule has 1 aliphatic rings. The van der Waals surface area contributed by atoms with Crippen LogP contribution in [0.15, 0.2) is 97.2 Å². The van der Waals surface area contributed by atoms with Crippen molar-refractivity contribution in [3.8, 4) is 5.75 Å². The van der Waals surface area contributed by atoms with Gasteiger partial charge in [0.2, 0.25) is 0 Å². The zero-order valence-electron chi connectivity index (χ0n) is 21.7. The summed E-state index contributed by atoms with van der Waals surface area (Å²) < 4.78 is 0.819. The molecule has 39 heavy (non-hydrogen) atoms. The van der Waals surface area contributed by atoms with Crippen LogP contribution in [0.3, 0.4) is 0 Å². The molecule has 0 saturated carbocycles. The van der Waals surface area contributed by atoms with Gasteiger partial charge in [0.1, 0.15) is 5.52 Å². The first-order valence-corrected chi connectivity index (χ1v) is 14.3. The van der Waals surface area contributed by atoms with Crippen LogP contribution in [0.4, 0.5) is 5.69 Å². The topological polar surface area (TPSA) is 65.5 Å². The van der Waals surface area contributed by atoms with Crippen LogP contribution < -0.4 is 5.32 Å². The van der Waals surface area contributed by atoms with Gasteiger partial charge in [-0.15, -0.1) is 11.3 Å². The largest absolute Gasteiger partial charge is 0.505 e. The van der Waals surface area contributed by atoms with E-state index >= 15 is 0 Å². The quantitative estimate of drug-likeness (QED) is 0.232. The number of carbonyl (C=O) groups excluding carboxylic acids is 1. The second kappa shape index (κ2) is 11.3. The maximum atomic E-state index is 13.9. The van der Waals surface area contributed by atoms with Gasteiger partial charge in [0.05, 0.1) is 20.8 Å². The zero-order valence-corrected chi connectivity index (χ0v) is 22.5. The van der Waals surface area contributed by atoms with E-state index in [1.165, 1.54) is 16.9 Å². The molecule has 0 bridgehead atoms. The van der Waals surface area contributed by atoms with Gasteiger partial charge in [-0.05, 0) is 35.4 Å². The van der Waals surface area contributed by atoms with Crippen molar-refractivity contribution >= 4 is 33.1 Å². The molecule has 3 heterocycles. The molecular formula is C33H31N3O2S. The molecule has 0 unspecified atom stereocenters. The number of benzene rings is 3. The SMILES string of the molecule is O=C(c1cnc2c(O)c(Cc3ccccc3)sc2c1NCc1ccccc1)N1CCC(c2ccccc2)CC1. The Bertz CT molecular complexity index is 1560. The number of aromatic nitrogens is 1. The summed E-state index contributed by atoms with van der Waals surface area (Å²) >= 11 is 1.51.